The zero-order valence-electron chi connectivity index (χ0n) is 8.23. The van der Waals surface area contributed by atoms with E-state index in [1.807, 2.05) is 12.1 Å². The number of carbonyl (C=O) groups excluding carboxylic acids is 1. The van der Waals surface area contributed by atoms with Gasteiger partial charge in [0.05, 0.1) is 10.2 Å². The Morgan fingerprint density at radius 2 is 2.00 bits per heavy atom. The SMILES string of the molecule is CC1(C)Oc2c(Br)cc(Br)cc2NC1=O. The molecule has 3 nitrogen and oxygen atoms in total. The van der Waals surface area contributed by atoms with Crippen LogP contribution in [0.2, 0.25) is 0 Å². The lowest BCUT2D eigenvalue weighted by molar-refractivity contribution is -0.129. The van der Waals surface area contributed by atoms with Crippen LogP contribution < -0.4 is 10.1 Å². The lowest BCUT2D eigenvalue weighted by Gasteiger charge is -2.32. The Labute approximate surface area is 104 Å². The van der Waals surface area contributed by atoms with E-state index in [1.54, 1.807) is 13.8 Å². The fourth-order valence-electron chi connectivity index (χ4n) is 1.33. The van der Waals surface area contributed by atoms with Crippen molar-refractivity contribution in [1.29, 1.82) is 0 Å². The maximum atomic E-state index is 11.6. The molecule has 1 aromatic carbocycles. The van der Waals surface area contributed by atoms with Crippen LogP contribution in [-0.2, 0) is 4.79 Å². The summed E-state index contributed by atoms with van der Waals surface area (Å²) in [6, 6.07) is 3.69. The number of anilines is 1. The summed E-state index contributed by atoms with van der Waals surface area (Å²) in [7, 11) is 0. The molecule has 0 fully saturated rings. The van der Waals surface area contributed by atoms with Gasteiger partial charge in [0.1, 0.15) is 0 Å². The molecule has 0 aliphatic carbocycles. The molecule has 0 aromatic heterocycles. The highest BCUT2D eigenvalue weighted by atomic mass is 79.9. The lowest BCUT2D eigenvalue weighted by Crippen LogP contribution is -2.45. The fraction of sp³-hybridized carbons (Fsp3) is 0.300. The number of nitrogens with one attached hydrogen (secondary N) is 1. The van der Waals surface area contributed by atoms with Gasteiger partial charge >= 0.3 is 0 Å². The van der Waals surface area contributed by atoms with E-state index in [9.17, 15) is 4.79 Å². The Bertz CT molecular complexity index is 443. The van der Waals surface area contributed by atoms with Crippen molar-refractivity contribution in [3.8, 4) is 5.75 Å². The van der Waals surface area contributed by atoms with E-state index in [1.165, 1.54) is 0 Å². The van der Waals surface area contributed by atoms with Crippen molar-refractivity contribution in [2.24, 2.45) is 0 Å². The highest BCUT2D eigenvalue weighted by Crippen LogP contribution is 2.41. The number of rotatable bonds is 0. The molecule has 0 saturated heterocycles. The molecule has 1 aliphatic heterocycles. The minimum Gasteiger partial charge on any atom is -0.475 e. The Morgan fingerprint density at radius 1 is 1.33 bits per heavy atom. The first-order valence-electron chi connectivity index (χ1n) is 4.40. The standard InChI is InChI=1S/C10H9Br2NO2/c1-10(2)9(14)13-7-4-5(11)3-6(12)8(7)15-10/h3-4H,1-2H3,(H,13,14). The van der Waals surface area contributed by atoms with Crippen molar-refractivity contribution in [2.45, 2.75) is 19.4 Å². The van der Waals surface area contributed by atoms with Crippen molar-refractivity contribution >= 4 is 43.5 Å². The topological polar surface area (TPSA) is 38.3 Å². The number of benzene rings is 1. The van der Waals surface area contributed by atoms with Crippen LogP contribution in [0.15, 0.2) is 21.1 Å². The van der Waals surface area contributed by atoms with Gasteiger partial charge in [0.25, 0.3) is 5.91 Å². The molecule has 0 bridgehead atoms. The molecule has 0 unspecified atom stereocenters. The third-order valence-electron chi connectivity index (χ3n) is 2.16. The summed E-state index contributed by atoms with van der Waals surface area (Å²) in [5.74, 6) is 0.530. The second-order valence-electron chi connectivity index (χ2n) is 3.83. The van der Waals surface area contributed by atoms with E-state index in [2.05, 4.69) is 37.2 Å². The van der Waals surface area contributed by atoms with Gasteiger partial charge in [-0.05, 0) is 41.9 Å². The molecule has 1 aromatic rings. The summed E-state index contributed by atoms with van der Waals surface area (Å²) in [5.41, 5.74) is -0.149. The van der Waals surface area contributed by atoms with Crippen LogP contribution >= 0.6 is 31.9 Å². The van der Waals surface area contributed by atoms with Crippen LogP contribution in [0.25, 0.3) is 0 Å². The average Bonchev–Trinajstić information content (AvgIpc) is 2.09. The number of halogens is 2. The molecule has 0 radical (unpaired) electrons. The molecular weight excluding hydrogens is 326 g/mol. The maximum absolute atomic E-state index is 11.6. The first kappa shape index (κ1) is 11.0. The fourth-order valence-corrected chi connectivity index (χ4v) is 2.64. The number of amides is 1. The number of hydrogen-bond donors (Lipinski definition) is 1. The van der Waals surface area contributed by atoms with E-state index in [0.29, 0.717) is 11.4 Å². The van der Waals surface area contributed by atoms with Crippen LogP contribution in [0.1, 0.15) is 13.8 Å². The molecule has 15 heavy (non-hydrogen) atoms. The normalized spacial score (nSPS) is 17.7. The summed E-state index contributed by atoms with van der Waals surface area (Å²) < 4.78 is 7.34. The number of hydrogen-bond acceptors (Lipinski definition) is 2. The lowest BCUT2D eigenvalue weighted by atomic mass is 10.1. The van der Waals surface area contributed by atoms with Crippen molar-refractivity contribution < 1.29 is 9.53 Å². The van der Waals surface area contributed by atoms with Gasteiger partial charge in [-0.3, -0.25) is 4.79 Å². The summed E-state index contributed by atoms with van der Waals surface area (Å²) >= 11 is 6.75. The van der Waals surface area contributed by atoms with Crippen molar-refractivity contribution in [1.82, 2.24) is 0 Å². The molecule has 2 rings (SSSR count). The van der Waals surface area contributed by atoms with Gasteiger partial charge in [-0.25, -0.2) is 0 Å². The molecule has 1 amide bonds. The third kappa shape index (κ3) is 1.90. The summed E-state index contributed by atoms with van der Waals surface area (Å²) in [6.07, 6.45) is 0. The van der Waals surface area contributed by atoms with Gasteiger partial charge in [-0.1, -0.05) is 15.9 Å². The molecule has 1 heterocycles. The highest BCUT2D eigenvalue weighted by Gasteiger charge is 2.36. The van der Waals surface area contributed by atoms with E-state index in [0.717, 1.165) is 8.95 Å². The molecular formula is C10H9Br2NO2. The molecule has 0 atom stereocenters. The first-order valence-corrected chi connectivity index (χ1v) is 5.98. The van der Waals surface area contributed by atoms with Gasteiger partial charge in [0, 0.05) is 4.47 Å². The van der Waals surface area contributed by atoms with E-state index >= 15 is 0 Å². The Kier molecular flexibility index (Phi) is 2.55. The molecule has 0 spiro atoms. The maximum Gasteiger partial charge on any atom is 0.268 e. The van der Waals surface area contributed by atoms with E-state index in [4.69, 9.17) is 4.74 Å². The minimum absolute atomic E-state index is 0.139. The predicted octanol–water partition coefficient (Wildman–Crippen LogP) is 3.32. The van der Waals surface area contributed by atoms with Crippen LogP contribution in [0.4, 0.5) is 5.69 Å². The van der Waals surface area contributed by atoms with Gasteiger partial charge in [0.2, 0.25) is 0 Å². The number of carbonyl (C=O) groups is 1. The number of ether oxygens (including phenoxy) is 1. The Hall–Kier alpha value is -0.550. The van der Waals surface area contributed by atoms with Gasteiger partial charge in [0.15, 0.2) is 11.4 Å². The van der Waals surface area contributed by atoms with E-state index < -0.39 is 5.60 Å². The number of fused-ring (bicyclic) bond motifs is 1. The highest BCUT2D eigenvalue weighted by molar-refractivity contribution is 9.11. The molecule has 1 N–H and O–H groups in total. The second kappa shape index (κ2) is 3.49. The van der Waals surface area contributed by atoms with Gasteiger partial charge in [-0.15, -0.1) is 0 Å². The van der Waals surface area contributed by atoms with Gasteiger partial charge in [-0.2, -0.15) is 0 Å². The Morgan fingerprint density at radius 3 is 2.67 bits per heavy atom. The third-order valence-corrected chi connectivity index (χ3v) is 3.21. The second-order valence-corrected chi connectivity index (χ2v) is 5.60. The zero-order valence-corrected chi connectivity index (χ0v) is 11.4. The monoisotopic (exact) mass is 333 g/mol. The molecule has 80 valence electrons. The van der Waals surface area contributed by atoms with Crippen molar-refractivity contribution in [3.05, 3.63) is 21.1 Å². The summed E-state index contributed by atoms with van der Waals surface area (Å²) in [4.78, 5) is 11.6. The molecule has 0 saturated carbocycles. The van der Waals surface area contributed by atoms with Crippen LogP contribution in [0.5, 0.6) is 5.75 Å². The van der Waals surface area contributed by atoms with Crippen LogP contribution in [-0.4, -0.2) is 11.5 Å². The Balaban J connectivity index is 2.55. The van der Waals surface area contributed by atoms with E-state index in [-0.39, 0.29) is 5.91 Å². The quantitative estimate of drug-likeness (QED) is 0.790. The summed E-state index contributed by atoms with van der Waals surface area (Å²) in [5, 5.41) is 2.81. The largest absolute Gasteiger partial charge is 0.475 e. The predicted molar refractivity (Wildman–Crippen MR) is 65.2 cm³/mol. The smallest absolute Gasteiger partial charge is 0.268 e. The summed E-state index contributed by atoms with van der Waals surface area (Å²) in [6.45, 7) is 3.47. The molecule has 1 aliphatic rings. The van der Waals surface area contributed by atoms with Crippen LogP contribution in [0, 0.1) is 0 Å². The average molecular weight is 335 g/mol. The minimum atomic E-state index is -0.830. The zero-order chi connectivity index (χ0) is 11.2. The van der Waals surface area contributed by atoms with Crippen molar-refractivity contribution in [2.75, 3.05) is 5.32 Å². The van der Waals surface area contributed by atoms with Crippen LogP contribution in [0.3, 0.4) is 0 Å². The molecule has 5 heteroatoms. The van der Waals surface area contributed by atoms with Crippen molar-refractivity contribution in [3.63, 3.8) is 0 Å². The first-order chi connectivity index (χ1) is 6.90. The van der Waals surface area contributed by atoms with Gasteiger partial charge < -0.3 is 10.1 Å².